The van der Waals surface area contributed by atoms with Gasteiger partial charge in [0.1, 0.15) is 0 Å². The third-order valence-electron chi connectivity index (χ3n) is 6.26. The normalized spacial score (nSPS) is 33.0. The van der Waals surface area contributed by atoms with Crippen LogP contribution in [0.25, 0.3) is 0 Å². The Morgan fingerprint density at radius 2 is 1.09 bits per heavy atom. The Kier molecular flexibility index (Phi) is 8.89. The first kappa shape index (κ1) is 18.3. The molecule has 0 bridgehead atoms. The van der Waals surface area contributed by atoms with E-state index in [4.69, 9.17) is 4.74 Å². The second-order valence-electron chi connectivity index (χ2n) is 8.12. The minimum absolute atomic E-state index is 0.591. The molecule has 1 heteroatoms. The van der Waals surface area contributed by atoms with Gasteiger partial charge in [0.2, 0.25) is 0 Å². The number of hydrogen-bond acceptors (Lipinski definition) is 1. The lowest BCUT2D eigenvalue weighted by Crippen LogP contribution is -2.22. The summed E-state index contributed by atoms with van der Waals surface area (Å²) in [6.07, 6.45) is 20.4. The van der Waals surface area contributed by atoms with Crippen LogP contribution in [0, 0.1) is 17.8 Å². The molecule has 0 aromatic heterocycles. The molecule has 22 heavy (non-hydrogen) atoms. The molecule has 0 atom stereocenters. The summed E-state index contributed by atoms with van der Waals surface area (Å²) in [5.41, 5.74) is 0. The highest BCUT2D eigenvalue weighted by molar-refractivity contribution is 4.74. The summed E-state index contributed by atoms with van der Waals surface area (Å²) in [6.45, 7) is 5.68. The second kappa shape index (κ2) is 10.7. The minimum Gasteiger partial charge on any atom is -0.378 e. The zero-order valence-corrected chi connectivity index (χ0v) is 15.3. The second-order valence-corrected chi connectivity index (χ2v) is 8.12. The standard InChI is InChI=1S/C21H40O/c1-3-6-18-9-11-20(12-10-18)8-5-17-22-21-15-13-19(7-4-2)14-16-21/h18-21H,3-17H2,1-2H3/t18-,19?,20-,21?. The third-order valence-corrected chi connectivity index (χ3v) is 6.26. The van der Waals surface area contributed by atoms with Gasteiger partial charge in [0.15, 0.2) is 0 Å². The summed E-state index contributed by atoms with van der Waals surface area (Å²) >= 11 is 0. The van der Waals surface area contributed by atoms with Gasteiger partial charge in [-0.1, -0.05) is 65.2 Å². The van der Waals surface area contributed by atoms with E-state index in [0.717, 1.165) is 24.4 Å². The van der Waals surface area contributed by atoms with Crippen molar-refractivity contribution in [3.05, 3.63) is 0 Å². The maximum absolute atomic E-state index is 6.16. The van der Waals surface area contributed by atoms with E-state index >= 15 is 0 Å². The van der Waals surface area contributed by atoms with Gasteiger partial charge in [-0.15, -0.1) is 0 Å². The van der Waals surface area contributed by atoms with Gasteiger partial charge in [0.05, 0.1) is 6.10 Å². The maximum Gasteiger partial charge on any atom is 0.0575 e. The fraction of sp³-hybridized carbons (Fsp3) is 1.00. The van der Waals surface area contributed by atoms with Crippen LogP contribution in [0.4, 0.5) is 0 Å². The zero-order chi connectivity index (χ0) is 15.6. The predicted octanol–water partition coefficient (Wildman–Crippen LogP) is 6.75. The van der Waals surface area contributed by atoms with E-state index in [1.807, 2.05) is 0 Å². The summed E-state index contributed by atoms with van der Waals surface area (Å²) < 4.78 is 6.16. The topological polar surface area (TPSA) is 9.23 Å². The largest absolute Gasteiger partial charge is 0.378 e. The first-order chi connectivity index (χ1) is 10.8. The number of ether oxygens (including phenoxy) is 1. The van der Waals surface area contributed by atoms with E-state index in [9.17, 15) is 0 Å². The third kappa shape index (κ3) is 6.60. The lowest BCUT2D eigenvalue weighted by atomic mass is 9.78. The Morgan fingerprint density at radius 1 is 0.636 bits per heavy atom. The van der Waals surface area contributed by atoms with Crippen LogP contribution >= 0.6 is 0 Å². The molecule has 2 saturated carbocycles. The molecule has 1 nitrogen and oxygen atoms in total. The van der Waals surface area contributed by atoms with E-state index in [1.165, 1.54) is 89.9 Å². The first-order valence-electron chi connectivity index (χ1n) is 10.4. The summed E-state index contributed by atoms with van der Waals surface area (Å²) in [5.74, 6) is 3.07. The molecule has 0 aromatic rings. The molecule has 2 fully saturated rings. The van der Waals surface area contributed by atoms with Gasteiger partial charge in [-0.25, -0.2) is 0 Å². The van der Waals surface area contributed by atoms with Crippen LogP contribution in [-0.4, -0.2) is 12.7 Å². The average molecular weight is 309 g/mol. The molecule has 130 valence electrons. The Balaban J connectivity index is 1.46. The molecule has 0 aromatic carbocycles. The fourth-order valence-electron chi connectivity index (χ4n) is 4.83. The maximum atomic E-state index is 6.16. The van der Waals surface area contributed by atoms with Crippen LogP contribution in [0.15, 0.2) is 0 Å². The molecule has 2 rings (SSSR count). The van der Waals surface area contributed by atoms with E-state index in [0.29, 0.717) is 6.10 Å². The van der Waals surface area contributed by atoms with E-state index in [2.05, 4.69) is 13.8 Å². The van der Waals surface area contributed by atoms with Crippen molar-refractivity contribution >= 4 is 0 Å². The van der Waals surface area contributed by atoms with Crippen LogP contribution in [0.2, 0.25) is 0 Å². The molecule has 0 radical (unpaired) electrons. The zero-order valence-electron chi connectivity index (χ0n) is 15.3. The molecular weight excluding hydrogens is 268 g/mol. The molecule has 0 amide bonds. The summed E-state index contributed by atoms with van der Waals surface area (Å²) in [6, 6.07) is 0. The average Bonchev–Trinajstić information content (AvgIpc) is 2.55. The van der Waals surface area contributed by atoms with Crippen molar-refractivity contribution in [1.29, 1.82) is 0 Å². The molecule has 0 N–H and O–H groups in total. The number of rotatable bonds is 9. The van der Waals surface area contributed by atoms with Gasteiger partial charge in [-0.2, -0.15) is 0 Å². The van der Waals surface area contributed by atoms with Gasteiger partial charge in [-0.05, 0) is 56.3 Å². The fourth-order valence-corrected chi connectivity index (χ4v) is 4.83. The molecular formula is C21H40O. The molecule has 0 unspecified atom stereocenters. The smallest absolute Gasteiger partial charge is 0.0575 e. The van der Waals surface area contributed by atoms with Crippen molar-refractivity contribution in [3.8, 4) is 0 Å². The highest BCUT2D eigenvalue weighted by Crippen LogP contribution is 2.34. The van der Waals surface area contributed by atoms with Crippen molar-refractivity contribution in [2.24, 2.45) is 17.8 Å². The quantitative estimate of drug-likeness (QED) is 0.428. The minimum atomic E-state index is 0.591. The van der Waals surface area contributed by atoms with Gasteiger partial charge < -0.3 is 4.74 Å². The van der Waals surface area contributed by atoms with Crippen molar-refractivity contribution in [2.75, 3.05) is 6.61 Å². The van der Waals surface area contributed by atoms with Gasteiger partial charge in [-0.3, -0.25) is 0 Å². The molecule has 0 aliphatic heterocycles. The summed E-state index contributed by atoms with van der Waals surface area (Å²) in [4.78, 5) is 0. The lowest BCUT2D eigenvalue weighted by molar-refractivity contribution is 0.0133. The van der Waals surface area contributed by atoms with Gasteiger partial charge in [0.25, 0.3) is 0 Å². The molecule has 2 aliphatic carbocycles. The van der Waals surface area contributed by atoms with Gasteiger partial charge >= 0.3 is 0 Å². The first-order valence-corrected chi connectivity index (χ1v) is 10.4. The molecule has 0 saturated heterocycles. The van der Waals surface area contributed by atoms with E-state index in [1.54, 1.807) is 0 Å². The summed E-state index contributed by atoms with van der Waals surface area (Å²) in [5, 5.41) is 0. The number of hydrogen-bond donors (Lipinski definition) is 0. The summed E-state index contributed by atoms with van der Waals surface area (Å²) in [7, 11) is 0. The Hall–Kier alpha value is -0.0400. The Morgan fingerprint density at radius 3 is 1.59 bits per heavy atom. The van der Waals surface area contributed by atoms with E-state index in [-0.39, 0.29) is 0 Å². The molecule has 0 heterocycles. The SMILES string of the molecule is CCCC1CCC(OCCC[C@H]2CC[C@H](CCC)CC2)CC1. The highest BCUT2D eigenvalue weighted by Gasteiger charge is 2.22. The van der Waals surface area contributed by atoms with E-state index < -0.39 is 0 Å². The molecule has 2 aliphatic rings. The van der Waals surface area contributed by atoms with Crippen LogP contribution in [-0.2, 0) is 4.74 Å². The van der Waals surface area contributed by atoms with Crippen molar-refractivity contribution in [1.82, 2.24) is 0 Å². The Bertz CT molecular complexity index is 231. The highest BCUT2D eigenvalue weighted by atomic mass is 16.5. The lowest BCUT2D eigenvalue weighted by Gasteiger charge is -2.30. The monoisotopic (exact) mass is 308 g/mol. The van der Waals surface area contributed by atoms with Crippen molar-refractivity contribution in [2.45, 2.75) is 110 Å². The van der Waals surface area contributed by atoms with Crippen LogP contribution in [0.3, 0.4) is 0 Å². The van der Waals surface area contributed by atoms with Crippen molar-refractivity contribution < 1.29 is 4.74 Å². The Labute approximate surface area is 139 Å². The van der Waals surface area contributed by atoms with Crippen LogP contribution in [0.5, 0.6) is 0 Å². The van der Waals surface area contributed by atoms with Crippen molar-refractivity contribution in [3.63, 3.8) is 0 Å². The molecule has 0 spiro atoms. The van der Waals surface area contributed by atoms with Crippen LogP contribution in [0.1, 0.15) is 104 Å². The predicted molar refractivity (Wildman–Crippen MR) is 96.2 cm³/mol. The van der Waals surface area contributed by atoms with Crippen LogP contribution < -0.4 is 0 Å². The van der Waals surface area contributed by atoms with Gasteiger partial charge in [0, 0.05) is 6.61 Å².